The fraction of sp³-hybridized carbons (Fsp3) is 0.717. The van der Waals surface area contributed by atoms with Gasteiger partial charge < -0.3 is 44.9 Å². The number of benzene rings is 1. The number of ether oxygens (including phenoxy) is 3. The third kappa shape index (κ3) is 16.4. The van der Waals surface area contributed by atoms with E-state index in [9.17, 15) is 43.8 Å². The van der Waals surface area contributed by atoms with Crippen LogP contribution in [-0.4, -0.2) is 182 Å². The summed E-state index contributed by atoms with van der Waals surface area (Å²) in [6.07, 6.45) is 0.407. The number of hydrogen-bond acceptors (Lipinski definition) is 12. The molecule has 9 atom stereocenters. The monoisotopic (exact) mass is 905 g/mol. The van der Waals surface area contributed by atoms with Gasteiger partial charge >= 0.3 is 17.9 Å². The zero-order valence-electron chi connectivity index (χ0n) is 40.1. The minimum atomic E-state index is -1.24. The fourth-order valence-electron chi connectivity index (χ4n) is 8.73. The van der Waals surface area contributed by atoms with Crippen LogP contribution in [0, 0.1) is 23.7 Å². The Morgan fingerprint density at radius 3 is 1.95 bits per heavy atom. The van der Waals surface area contributed by atoms with Crippen molar-refractivity contribution < 1.29 is 58.0 Å². The van der Waals surface area contributed by atoms with E-state index in [0.717, 1.165) is 10.5 Å². The molecule has 1 aromatic carbocycles. The molecule has 4 N–H and O–H groups in total. The van der Waals surface area contributed by atoms with E-state index in [4.69, 9.17) is 14.2 Å². The third-order valence-corrected chi connectivity index (χ3v) is 12.2. The number of methoxy groups -OCH3 is 2. The SMILES string of the molecule is CCC(C)C(C(CC(=O)N1CCCC1C(OC)C(C)C(=O)NC(Cc1ccccc1)C(=O)OCCN(CC(=O)O)CC(=O)O)OC)N(C)C(=O)[C@@H](NC(=O)C(C(C)C)N(C)C)C(C)C. The molecule has 362 valence electrons. The van der Waals surface area contributed by atoms with Crippen LogP contribution in [0.2, 0.25) is 0 Å². The summed E-state index contributed by atoms with van der Waals surface area (Å²) in [7, 11) is 8.34. The number of aliphatic carboxylic acids is 2. The average molecular weight is 905 g/mol. The number of rotatable bonds is 28. The molecule has 1 heterocycles. The number of hydrogen-bond donors (Lipinski definition) is 4. The lowest BCUT2D eigenvalue weighted by molar-refractivity contribution is -0.150. The first-order chi connectivity index (χ1) is 30.1. The van der Waals surface area contributed by atoms with Crippen molar-refractivity contribution in [3.8, 4) is 0 Å². The van der Waals surface area contributed by atoms with Crippen LogP contribution < -0.4 is 10.6 Å². The molecular weight excluding hydrogens is 829 g/mol. The molecule has 8 unspecified atom stereocenters. The maximum absolute atomic E-state index is 14.4. The number of carboxylic acid groups (broad SMARTS) is 2. The summed E-state index contributed by atoms with van der Waals surface area (Å²) in [5.74, 6) is -5.70. The first-order valence-electron chi connectivity index (χ1n) is 22.3. The van der Waals surface area contributed by atoms with Crippen LogP contribution in [0.15, 0.2) is 30.3 Å². The van der Waals surface area contributed by atoms with Crippen molar-refractivity contribution >= 4 is 41.5 Å². The Kier molecular flexibility index (Phi) is 23.4. The molecule has 2 rings (SSSR count). The Morgan fingerprint density at radius 1 is 0.844 bits per heavy atom. The molecule has 0 spiro atoms. The topological polar surface area (TPSA) is 225 Å². The summed E-state index contributed by atoms with van der Waals surface area (Å²) in [6.45, 7) is 12.1. The molecule has 0 aromatic heterocycles. The van der Waals surface area contributed by atoms with Crippen LogP contribution in [0.5, 0.6) is 0 Å². The van der Waals surface area contributed by atoms with E-state index < -0.39 is 85.2 Å². The molecule has 1 aromatic rings. The second-order valence-electron chi connectivity index (χ2n) is 17.9. The molecule has 1 saturated heterocycles. The van der Waals surface area contributed by atoms with Crippen LogP contribution in [-0.2, 0) is 54.2 Å². The Bertz CT molecular complexity index is 1650. The molecule has 1 aliphatic heterocycles. The third-order valence-electron chi connectivity index (χ3n) is 12.2. The Morgan fingerprint density at radius 2 is 1.45 bits per heavy atom. The van der Waals surface area contributed by atoms with Crippen LogP contribution in [0.1, 0.15) is 79.7 Å². The molecule has 64 heavy (non-hydrogen) atoms. The van der Waals surface area contributed by atoms with Crippen molar-refractivity contribution in [1.29, 1.82) is 0 Å². The molecule has 1 fully saturated rings. The molecule has 0 saturated carbocycles. The molecule has 18 heteroatoms. The second kappa shape index (κ2) is 27.0. The number of nitrogens with zero attached hydrogens (tertiary/aromatic N) is 4. The molecule has 18 nitrogen and oxygen atoms in total. The van der Waals surface area contributed by atoms with E-state index >= 15 is 0 Å². The molecule has 0 radical (unpaired) electrons. The van der Waals surface area contributed by atoms with E-state index in [1.54, 1.807) is 48.0 Å². The van der Waals surface area contributed by atoms with Gasteiger partial charge in [-0.3, -0.25) is 38.6 Å². The smallest absolute Gasteiger partial charge is 0.329 e. The first kappa shape index (κ1) is 55.5. The van der Waals surface area contributed by atoms with Gasteiger partial charge in [-0.25, -0.2) is 4.79 Å². The van der Waals surface area contributed by atoms with Gasteiger partial charge in [0.15, 0.2) is 0 Å². The molecule has 1 aliphatic rings. The van der Waals surface area contributed by atoms with Gasteiger partial charge in [0.05, 0.1) is 55.8 Å². The number of carbonyl (C=O) groups excluding carboxylic acids is 5. The number of likely N-dealkylation sites (N-methyl/N-ethyl adjacent to an activating group) is 2. The standard InChI is InChI=1S/C46H76N6O12/c1-13-30(6)41(50(10)45(60)39(28(2)3)48-44(59)40(29(4)5)49(8)9)35(62-11)25-36(53)52-21-17-20-34(52)42(63-12)31(7)43(58)47-33(24-32-18-15-14-16-19-32)46(61)64-23-22-51(26-37(54)55)27-38(56)57/h14-16,18-19,28-31,33-35,39-42H,13,17,20-27H2,1-12H3,(H,47,58)(H,48,59)(H,54,55)(H,56,57)/t30?,31?,33?,34?,35?,39-,40?,41?,42?/m0/s1. The normalized spacial score (nSPS) is 17.9. The molecule has 0 bridgehead atoms. The summed E-state index contributed by atoms with van der Waals surface area (Å²) in [5.41, 5.74) is 0.732. The molecular formula is C46H76N6O12. The quantitative estimate of drug-likeness (QED) is 0.0887. The number of amides is 4. The lowest BCUT2D eigenvalue weighted by Crippen LogP contribution is -2.59. The van der Waals surface area contributed by atoms with Crippen molar-refractivity contribution in [3.05, 3.63) is 35.9 Å². The molecule has 0 aliphatic carbocycles. The first-order valence-corrected chi connectivity index (χ1v) is 22.3. The molecule has 4 amide bonds. The van der Waals surface area contributed by atoms with Crippen molar-refractivity contribution in [2.45, 2.75) is 123 Å². The van der Waals surface area contributed by atoms with Crippen molar-refractivity contribution in [1.82, 2.24) is 30.2 Å². The van der Waals surface area contributed by atoms with Gasteiger partial charge in [-0.05, 0) is 50.3 Å². The van der Waals surface area contributed by atoms with E-state index in [0.29, 0.717) is 25.8 Å². The highest BCUT2D eigenvalue weighted by molar-refractivity contribution is 5.90. The minimum absolute atomic E-state index is 0.00740. The van der Waals surface area contributed by atoms with E-state index in [1.165, 1.54) is 14.2 Å². The fourth-order valence-corrected chi connectivity index (χ4v) is 8.73. The summed E-state index contributed by atoms with van der Waals surface area (Å²) in [4.78, 5) is 98.4. The number of likely N-dealkylation sites (tertiary alicyclic amines) is 1. The largest absolute Gasteiger partial charge is 0.480 e. The Hall–Kier alpha value is -4.65. The van der Waals surface area contributed by atoms with Crippen LogP contribution in [0.3, 0.4) is 0 Å². The van der Waals surface area contributed by atoms with E-state index in [2.05, 4.69) is 10.6 Å². The number of nitrogens with one attached hydrogen (secondary N) is 2. The van der Waals surface area contributed by atoms with Gasteiger partial charge in [-0.1, -0.05) is 85.2 Å². The zero-order valence-corrected chi connectivity index (χ0v) is 40.1. The van der Waals surface area contributed by atoms with Gasteiger partial charge in [0.25, 0.3) is 0 Å². The lowest BCUT2D eigenvalue weighted by Gasteiger charge is -2.41. The van der Waals surface area contributed by atoms with Crippen molar-refractivity contribution in [2.75, 3.05) is 68.1 Å². The highest BCUT2D eigenvalue weighted by atomic mass is 16.5. The lowest BCUT2D eigenvalue weighted by atomic mass is 9.89. The highest BCUT2D eigenvalue weighted by Crippen LogP contribution is 2.30. The van der Waals surface area contributed by atoms with Gasteiger partial charge in [-0.15, -0.1) is 0 Å². The van der Waals surface area contributed by atoms with Gasteiger partial charge in [0, 0.05) is 40.8 Å². The minimum Gasteiger partial charge on any atom is -0.480 e. The summed E-state index contributed by atoms with van der Waals surface area (Å²) in [5, 5.41) is 24.2. The van der Waals surface area contributed by atoms with Crippen LogP contribution in [0.4, 0.5) is 0 Å². The maximum Gasteiger partial charge on any atom is 0.329 e. The van der Waals surface area contributed by atoms with Crippen molar-refractivity contribution in [3.63, 3.8) is 0 Å². The van der Waals surface area contributed by atoms with Gasteiger partial charge in [-0.2, -0.15) is 0 Å². The number of carboxylic acids is 2. The average Bonchev–Trinajstić information content (AvgIpc) is 3.71. The van der Waals surface area contributed by atoms with Gasteiger partial charge in [0.1, 0.15) is 18.7 Å². The number of carbonyl (C=O) groups is 7. The summed E-state index contributed by atoms with van der Waals surface area (Å²) < 4.78 is 17.4. The highest BCUT2D eigenvalue weighted by Gasteiger charge is 2.43. The summed E-state index contributed by atoms with van der Waals surface area (Å²) >= 11 is 0. The van der Waals surface area contributed by atoms with Crippen LogP contribution in [0.25, 0.3) is 0 Å². The zero-order chi connectivity index (χ0) is 48.4. The maximum atomic E-state index is 14.4. The predicted molar refractivity (Wildman–Crippen MR) is 240 cm³/mol. The van der Waals surface area contributed by atoms with E-state index in [1.807, 2.05) is 66.6 Å². The van der Waals surface area contributed by atoms with Crippen LogP contribution >= 0.6 is 0 Å². The van der Waals surface area contributed by atoms with Crippen molar-refractivity contribution in [2.24, 2.45) is 23.7 Å². The Labute approximate surface area is 379 Å². The van der Waals surface area contributed by atoms with E-state index in [-0.39, 0.29) is 61.5 Å². The predicted octanol–water partition coefficient (Wildman–Crippen LogP) is 2.38. The van der Waals surface area contributed by atoms with Gasteiger partial charge in [0.2, 0.25) is 23.6 Å². The number of esters is 1. The second-order valence-corrected chi connectivity index (χ2v) is 17.9. The summed E-state index contributed by atoms with van der Waals surface area (Å²) in [6, 6.07) is 5.53. The Balaban J connectivity index is 2.30.